The number of halogens is 2. The maximum atomic E-state index is 14.6. The second-order valence-electron chi connectivity index (χ2n) is 7.25. The van der Waals surface area contributed by atoms with E-state index in [-0.39, 0.29) is 34.6 Å². The fraction of sp³-hybridized carbons (Fsp3) is 0.120. The number of nitrogens with one attached hydrogen (secondary N) is 1. The summed E-state index contributed by atoms with van der Waals surface area (Å²) in [5.74, 6) is -1.37. The third kappa shape index (κ3) is 5.30. The molecule has 8 nitrogen and oxygen atoms in total. The van der Waals surface area contributed by atoms with E-state index in [9.17, 15) is 14.0 Å². The lowest BCUT2D eigenvalue weighted by Gasteiger charge is -2.11. The van der Waals surface area contributed by atoms with Crippen LogP contribution in [0.25, 0.3) is 16.9 Å². The largest absolute Gasteiger partial charge is 0.481 e. The van der Waals surface area contributed by atoms with Crippen LogP contribution in [-0.4, -0.2) is 40.4 Å². The number of carbonyl (C=O) groups is 2. The van der Waals surface area contributed by atoms with Gasteiger partial charge in [0.15, 0.2) is 5.69 Å². The monoisotopic (exact) mass is 494 g/mol. The molecule has 178 valence electrons. The molecular weight excluding hydrogens is 475 g/mol. The van der Waals surface area contributed by atoms with Crippen LogP contribution in [0.5, 0.6) is 5.88 Å². The van der Waals surface area contributed by atoms with Crippen molar-refractivity contribution in [1.29, 1.82) is 0 Å². The molecule has 0 aliphatic rings. The number of ether oxygens (including phenoxy) is 2. The summed E-state index contributed by atoms with van der Waals surface area (Å²) in [5.41, 5.74) is 1.91. The second-order valence-corrected chi connectivity index (χ2v) is 7.64. The first kappa shape index (κ1) is 23.9. The van der Waals surface area contributed by atoms with Gasteiger partial charge in [0.05, 0.1) is 19.4 Å². The number of hydrogen-bond donors (Lipinski definition) is 1. The molecule has 0 aliphatic carbocycles. The van der Waals surface area contributed by atoms with Crippen molar-refractivity contribution < 1.29 is 23.5 Å². The van der Waals surface area contributed by atoms with Crippen LogP contribution in [0.4, 0.5) is 10.1 Å². The highest BCUT2D eigenvalue weighted by atomic mass is 35.5. The Labute approximate surface area is 205 Å². The number of nitrogens with zero attached hydrogens (tertiary/aromatic N) is 3. The van der Waals surface area contributed by atoms with Gasteiger partial charge in [-0.2, -0.15) is 5.10 Å². The van der Waals surface area contributed by atoms with Crippen LogP contribution < -0.4 is 10.1 Å². The average Bonchev–Trinajstić information content (AvgIpc) is 3.30. The number of rotatable bonds is 7. The van der Waals surface area contributed by atoms with E-state index in [0.717, 1.165) is 0 Å². The molecule has 0 saturated carbocycles. The minimum absolute atomic E-state index is 0.0260. The molecule has 0 fully saturated rings. The van der Waals surface area contributed by atoms with Gasteiger partial charge in [0.25, 0.3) is 5.91 Å². The SMILES string of the molecule is CCOC(=O)c1cc(-c2cccc(NC(=O)c3cc(Cl)nc(OC)c3)c2)n(-c2ccccc2F)n1. The number of anilines is 1. The third-order valence-corrected chi connectivity index (χ3v) is 5.13. The molecule has 35 heavy (non-hydrogen) atoms. The molecule has 0 atom stereocenters. The van der Waals surface area contributed by atoms with Gasteiger partial charge in [-0.05, 0) is 43.3 Å². The maximum Gasteiger partial charge on any atom is 0.358 e. The number of esters is 1. The van der Waals surface area contributed by atoms with Crippen molar-refractivity contribution in [3.8, 4) is 22.8 Å². The van der Waals surface area contributed by atoms with Crippen LogP contribution in [0.15, 0.2) is 66.7 Å². The summed E-state index contributed by atoms with van der Waals surface area (Å²) in [6.07, 6.45) is 0. The molecule has 0 bridgehead atoms. The maximum absolute atomic E-state index is 14.6. The average molecular weight is 495 g/mol. The van der Waals surface area contributed by atoms with Crippen LogP contribution in [-0.2, 0) is 4.74 Å². The Kier molecular flexibility index (Phi) is 7.07. The number of carbonyl (C=O) groups excluding carboxylic acids is 2. The predicted molar refractivity (Wildman–Crippen MR) is 129 cm³/mol. The van der Waals surface area contributed by atoms with Crippen molar-refractivity contribution in [3.63, 3.8) is 0 Å². The molecule has 2 heterocycles. The fourth-order valence-electron chi connectivity index (χ4n) is 3.37. The summed E-state index contributed by atoms with van der Waals surface area (Å²) in [7, 11) is 1.42. The normalized spacial score (nSPS) is 10.6. The molecule has 0 radical (unpaired) electrons. The van der Waals surface area contributed by atoms with E-state index in [1.807, 2.05) is 0 Å². The Bertz CT molecular complexity index is 1410. The van der Waals surface area contributed by atoms with Gasteiger partial charge in [-0.15, -0.1) is 0 Å². The standard InChI is InChI=1S/C25H20ClFN4O4/c1-3-35-25(33)19-14-21(31(30-19)20-10-5-4-9-18(20)27)15-7-6-8-17(11-15)28-24(32)16-12-22(26)29-23(13-16)34-2/h4-14H,3H2,1-2H3,(H,28,32). The van der Waals surface area contributed by atoms with Crippen molar-refractivity contribution >= 4 is 29.2 Å². The molecule has 10 heteroatoms. The molecule has 2 aromatic carbocycles. The first-order valence-corrected chi connectivity index (χ1v) is 10.9. The van der Waals surface area contributed by atoms with Crippen molar-refractivity contribution in [2.24, 2.45) is 0 Å². The summed E-state index contributed by atoms with van der Waals surface area (Å²) < 4.78 is 26.1. The first-order valence-electron chi connectivity index (χ1n) is 10.5. The first-order chi connectivity index (χ1) is 16.9. The molecule has 0 saturated heterocycles. The van der Waals surface area contributed by atoms with Crippen molar-refractivity contribution in [2.75, 3.05) is 19.0 Å². The van der Waals surface area contributed by atoms with Gasteiger partial charge < -0.3 is 14.8 Å². The van der Waals surface area contributed by atoms with Crippen molar-refractivity contribution in [1.82, 2.24) is 14.8 Å². The minimum atomic E-state index is -0.628. The number of para-hydroxylation sites is 1. The van der Waals surface area contributed by atoms with Crippen molar-refractivity contribution in [2.45, 2.75) is 6.92 Å². The van der Waals surface area contributed by atoms with Crippen LogP contribution in [0.2, 0.25) is 5.15 Å². The quantitative estimate of drug-likeness (QED) is 0.281. The zero-order valence-electron chi connectivity index (χ0n) is 18.8. The number of hydrogen-bond acceptors (Lipinski definition) is 6. The number of benzene rings is 2. The number of pyridine rings is 1. The van der Waals surface area contributed by atoms with E-state index in [4.69, 9.17) is 21.1 Å². The highest BCUT2D eigenvalue weighted by Gasteiger charge is 2.20. The van der Waals surface area contributed by atoms with Gasteiger partial charge in [0, 0.05) is 22.9 Å². The van der Waals surface area contributed by atoms with Crippen LogP contribution in [0.1, 0.15) is 27.8 Å². The van der Waals surface area contributed by atoms with E-state index in [0.29, 0.717) is 16.9 Å². The van der Waals surface area contributed by atoms with Crippen molar-refractivity contribution in [3.05, 3.63) is 89.0 Å². The second kappa shape index (κ2) is 10.4. The fourth-order valence-corrected chi connectivity index (χ4v) is 3.57. The van der Waals surface area contributed by atoms with E-state index in [1.54, 1.807) is 49.4 Å². The molecular formula is C25H20ClFN4O4. The highest BCUT2D eigenvalue weighted by Crippen LogP contribution is 2.28. The van der Waals surface area contributed by atoms with Gasteiger partial charge in [0.2, 0.25) is 5.88 Å². The van der Waals surface area contributed by atoms with Gasteiger partial charge in [-0.25, -0.2) is 18.9 Å². The number of amides is 1. The van der Waals surface area contributed by atoms with Gasteiger partial charge in [-0.3, -0.25) is 4.79 Å². The number of aromatic nitrogens is 3. The van der Waals surface area contributed by atoms with Crippen LogP contribution >= 0.6 is 11.6 Å². The lowest BCUT2D eigenvalue weighted by atomic mass is 10.1. The smallest absolute Gasteiger partial charge is 0.358 e. The molecule has 1 amide bonds. The predicted octanol–water partition coefficient (Wildman–Crippen LogP) is 5.16. The summed E-state index contributed by atoms with van der Waals surface area (Å²) in [6, 6.07) is 17.3. The Morgan fingerprint density at radius 1 is 1.09 bits per heavy atom. The Balaban J connectivity index is 1.72. The Morgan fingerprint density at radius 3 is 2.63 bits per heavy atom. The molecule has 4 rings (SSSR count). The molecule has 2 aromatic heterocycles. The summed E-state index contributed by atoms with van der Waals surface area (Å²) >= 11 is 5.97. The lowest BCUT2D eigenvalue weighted by Crippen LogP contribution is -2.12. The summed E-state index contributed by atoms with van der Waals surface area (Å²) in [5, 5.41) is 7.19. The van der Waals surface area contributed by atoms with Crippen LogP contribution in [0, 0.1) is 5.82 Å². The summed E-state index contributed by atoms with van der Waals surface area (Å²) in [4.78, 5) is 29.1. The van der Waals surface area contributed by atoms with E-state index < -0.39 is 17.7 Å². The molecule has 4 aromatic rings. The summed E-state index contributed by atoms with van der Waals surface area (Å²) in [6.45, 7) is 1.86. The van der Waals surface area contributed by atoms with Crippen LogP contribution in [0.3, 0.4) is 0 Å². The van der Waals surface area contributed by atoms with E-state index in [2.05, 4.69) is 15.4 Å². The molecule has 0 spiro atoms. The van der Waals surface area contributed by atoms with Gasteiger partial charge in [0.1, 0.15) is 16.7 Å². The number of methoxy groups -OCH3 is 1. The van der Waals surface area contributed by atoms with Gasteiger partial charge in [-0.1, -0.05) is 35.9 Å². The topological polar surface area (TPSA) is 95.3 Å². The molecule has 1 N–H and O–H groups in total. The zero-order valence-corrected chi connectivity index (χ0v) is 19.5. The molecule has 0 unspecified atom stereocenters. The van der Waals surface area contributed by atoms with E-state index >= 15 is 0 Å². The van der Waals surface area contributed by atoms with E-state index in [1.165, 1.54) is 36.1 Å². The zero-order chi connectivity index (χ0) is 24.9. The minimum Gasteiger partial charge on any atom is -0.481 e. The highest BCUT2D eigenvalue weighted by molar-refractivity contribution is 6.30. The molecule has 0 aliphatic heterocycles. The lowest BCUT2D eigenvalue weighted by molar-refractivity contribution is 0.0518. The third-order valence-electron chi connectivity index (χ3n) is 4.93. The Morgan fingerprint density at radius 2 is 1.89 bits per heavy atom. The Hall–Kier alpha value is -4.24. The van der Waals surface area contributed by atoms with Gasteiger partial charge >= 0.3 is 5.97 Å².